The minimum atomic E-state index is -4.35. The Morgan fingerprint density at radius 1 is 1.32 bits per heavy atom. The maximum atomic E-state index is 12.1. The fraction of sp³-hybridized carbons (Fsp3) is 0.417. The van der Waals surface area contributed by atoms with Gasteiger partial charge in [-0.25, -0.2) is 0 Å². The lowest BCUT2D eigenvalue weighted by atomic mass is 9.95. The SMILES string of the molecule is CC(CC(=O)O)C(O)c1ccc(SC(F)(F)F)cc1. The van der Waals surface area contributed by atoms with E-state index in [0.717, 1.165) is 0 Å². The first kappa shape index (κ1) is 15.8. The summed E-state index contributed by atoms with van der Waals surface area (Å²) in [5.74, 6) is -1.55. The molecule has 0 bridgehead atoms. The van der Waals surface area contributed by atoms with Crippen molar-refractivity contribution >= 4 is 17.7 Å². The molecule has 7 heteroatoms. The van der Waals surface area contributed by atoms with Crippen molar-refractivity contribution in [3.63, 3.8) is 0 Å². The van der Waals surface area contributed by atoms with Gasteiger partial charge in [-0.3, -0.25) is 4.79 Å². The molecule has 0 heterocycles. The molecular weight excluding hydrogens is 281 g/mol. The number of carboxylic acids is 1. The minimum Gasteiger partial charge on any atom is -0.481 e. The molecule has 0 aliphatic rings. The van der Waals surface area contributed by atoms with Crippen LogP contribution in [0, 0.1) is 5.92 Å². The van der Waals surface area contributed by atoms with Gasteiger partial charge in [0.05, 0.1) is 12.5 Å². The monoisotopic (exact) mass is 294 g/mol. The molecule has 1 aromatic carbocycles. The highest BCUT2D eigenvalue weighted by atomic mass is 32.2. The molecule has 0 saturated heterocycles. The van der Waals surface area contributed by atoms with E-state index in [2.05, 4.69) is 0 Å². The molecule has 3 nitrogen and oxygen atoms in total. The van der Waals surface area contributed by atoms with Crippen molar-refractivity contribution in [3.8, 4) is 0 Å². The second-order valence-corrected chi connectivity index (χ2v) is 5.28. The number of benzene rings is 1. The van der Waals surface area contributed by atoms with E-state index in [-0.39, 0.29) is 23.1 Å². The van der Waals surface area contributed by atoms with Gasteiger partial charge in [0.25, 0.3) is 0 Å². The fourth-order valence-electron chi connectivity index (χ4n) is 1.58. The van der Waals surface area contributed by atoms with Gasteiger partial charge in [0.15, 0.2) is 0 Å². The van der Waals surface area contributed by atoms with E-state index in [4.69, 9.17) is 5.11 Å². The molecule has 2 N–H and O–H groups in total. The van der Waals surface area contributed by atoms with Crippen molar-refractivity contribution in [2.24, 2.45) is 5.92 Å². The third kappa shape index (κ3) is 5.52. The van der Waals surface area contributed by atoms with Gasteiger partial charge in [0.2, 0.25) is 0 Å². The Labute approximate surface area is 112 Å². The maximum absolute atomic E-state index is 12.1. The molecule has 0 radical (unpaired) electrons. The van der Waals surface area contributed by atoms with E-state index in [1.807, 2.05) is 0 Å². The Morgan fingerprint density at radius 2 is 1.84 bits per heavy atom. The highest BCUT2D eigenvalue weighted by molar-refractivity contribution is 8.00. The molecule has 0 spiro atoms. The molecule has 2 atom stereocenters. The molecule has 0 aliphatic heterocycles. The quantitative estimate of drug-likeness (QED) is 0.817. The van der Waals surface area contributed by atoms with Gasteiger partial charge in [-0.15, -0.1) is 0 Å². The highest BCUT2D eigenvalue weighted by Gasteiger charge is 2.29. The second kappa shape index (κ2) is 6.29. The molecule has 0 fully saturated rings. The fourth-order valence-corrected chi connectivity index (χ4v) is 2.12. The molecule has 2 unspecified atom stereocenters. The van der Waals surface area contributed by atoms with Gasteiger partial charge in [0.1, 0.15) is 0 Å². The molecule has 0 aliphatic carbocycles. The Bertz CT molecular complexity index is 431. The molecule has 0 amide bonds. The number of rotatable bonds is 5. The largest absolute Gasteiger partial charge is 0.481 e. The summed E-state index contributed by atoms with van der Waals surface area (Å²) in [5.41, 5.74) is -3.95. The van der Waals surface area contributed by atoms with Crippen LogP contribution in [-0.4, -0.2) is 21.7 Å². The van der Waals surface area contributed by atoms with Crippen molar-refractivity contribution in [1.82, 2.24) is 0 Å². The first-order chi connectivity index (χ1) is 8.69. The van der Waals surface area contributed by atoms with Gasteiger partial charge in [-0.05, 0) is 35.4 Å². The van der Waals surface area contributed by atoms with E-state index in [1.165, 1.54) is 24.3 Å². The van der Waals surface area contributed by atoms with Crippen molar-refractivity contribution in [3.05, 3.63) is 29.8 Å². The zero-order valence-electron chi connectivity index (χ0n) is 10.0. The highest BCUT2D eigenvalue weighted by Crippen LogP contribution is 2.37. The summed E-state index contributed by atoms with van der Waals surface area (Å²) in [7, 11) is 0. The van der Waals surface area contributed by atoms with Crippen LogP contribution in [0.15, 0.2) is 29.2 Å². The predicted molar refractivity (Wildman–Crippen MR) is 64.7 cm³/mol. The molecule has 0 aromatic heterocycles. The predicted octanol–water partition coefficient (Wildman–Crippen LogP) is 3.44. The van der Waals surface area contributed by atoms with Gasteiger partial charge in [-0.1, -0.05) is 19.1 Å². The summed E-state index contributed by atoms with van der Waals surface area (Å²) >= 11 is -0.236. The van der Waals surface area contributed by atoms with Gasteiger partial charge >= 0.3 is 11.5 Å². The van der Waals surface area contributed by atoms with E-state index >= 15 is 0 Å². The lowest BCUT2D eigenvalue weighted by Gasteiger charge is -2.17. The Kier molecular flexibility index (Phi) is 5.25. The van der Waals surface area contributed by atoms with E-state index in [0.29, 0.717) is 5.56 Å². The van der Waals surface area contributed by atoms with Crippen LogP contribution in [-0.2, 0) is 4.79 Å². The number of aliphatic hydroxyl groups excluding tert-OH is 1. The van der Waals surface area contributed by atoms with Crippen LogP contribution in [0.4, 0.5) is 13.2 Å². The summed E-state index contributed by atoms with van der Waals surface area (Å²) in [6, 6.07) is 5.25. The third-order valence-corrected chi connectivity index (χ3v) is 3.23. The molecule has 106 valence electrons. The minimum absolute atomic E-state index is 0.0225. The van der Waals surface area contributed by atoms with Crippen molar-refractivity contribution in [2.45, 2.75) is 29.9 Å². The average molecular weight is 294 g/mol. The first-order valence-electron chi connectivity index (χ1n) is 5.44. The lowest BCUT2D eigenvalue weighted by molar-refractivity contribution is -0.139. The van der Waals surface area contributed by atoms with Gasteiger partial charge < -0.3 is 10.2 Å². The maximum Gasteiger partial charge on any atom is 0.446 e. The molecule has 1 rings (SSSR count). The number of hydrogen-bond donors (Lipinski definition) is 2. The van der Waals surface area contributed by atoms with Crippen LogP contribution in [0.1, 0.15) is 25.0 Å². The Hall–Kier alpha value is -1.21. The zero-order chi connectivity index (χ0) is 14.6. The summed E-state index contributed by atoms with van der Waals surface area (Å²) < 4.78 is 36.4. The number of carboxylic acid groups (broad SMARTS) is 1. The van der Waals surface area contributed by atoms with E-state index in [1.54, 1.807) is 6.92 Å². The summed E-state index contributed by atoms with van der Waals surface area (Å²) in [6.45, 7) is 1.57. The van der Waals surface area contributed by atoms with Crippen LogP contribution in [0.2, 0.25) is 0 Å². The number of aliphatic hydroxyl groups is 1. The zero-order valence-corrected chi connectivity index (χ0v) is 10.8. The average Bonchev–Trinajstić information content (AvgIpc) is 2.26. The number of carbonyl (C=O) groups is 1. The lowest BCUT2D eigenvalue weighted by Crippen LogP contribution is -2.13. The van der Waals surface area contributed by atoms with Crippen molar-refractivity contribution in [2.75, 3.05) is 0 Å². The Balaban J connectivity index is 2.73. The summed E-state index contributed by atoms with van der Waals surface area (Å²) in [6.07, 6.45) is -1.22. The number of alkyl halides is 3. The number of thioether (sulfide) groups is 1. The number of hydrogen-bond acceptors (Lipinski definition) is 3. The third-order valence-electron chi connectivity index (χ3n) is 2.49. The van der Waals surface area contributed by atoms with Gasteiger partial charge in [0, 0.05) is 4.90 Å². The summed E-state index contributed by atoms with van der Waals surface area (Å²) in [4.78, 5) is 10.5. The van der Waals surface area contributed by atoms with Crippen LogP contribution >= 0.6 is 11.8 Å². The second-order valence-electron chi connectivity index (χ2n) is 4.14. The van der Waals surface area contributed by atoms with Crippen LogP contribution in [0.3, 0.4) is 0 Å². The first-order valence-corrected chi connectivity index (χ1v) is 6.26. The van der Waals surface area contributed by atoms with Crippen LogP contribution in [0.25, 0.3) is 0 Å². The van der Waals surface area contributed by atoms with Crippen LogP contribution in [0.5, 0.6) is 0 Å². The van der Waals surface area contributed by atoms with Crippen LogP contribution < -0.4 is 0 Å². The van der Waals surface area contributed by atoms with Gasteiger partial charge in [-0.2, -0.15) is 13.2 Å². The molecule has 0 saturated carbocycles. The van der Waals surface area contributed by atoms with E-state index in [9.17, 15) is 23.1 Å². The Morgan fingerprint density at radius 3 is 2.26 bits per heavy atom. The number of aliphatic carboxylic acids is 1. The normalized spacial score (nSPS) is 15.0. The standard InChI is InChI=1S/C12H13F3O3S/c1-7(6-10(16)17)11(18)8-2-4-9(5-3-8)19-12(13,14)15/h2-5,7,11,18H,6H2,1H3,(H,16,17). The number of halogens is 3. The van der Waals surface area contributed by atoms with E-state index < -0.39 is 23.5 Å². The molecule has 1 aromatic rings. The molecule has 19 heavy (non-hydrogen) atoms. The van der Waals surface area contributed by atoms with Crippen molar-refractivity contribution < 1.29 is 28.2 Å². The molecular formula is C12H13F3O3S. The summed E-state index contributed by atoms with van der Waals surface area (Å²) in [5, 5.41) is 18.5. The topological polar surface area (TPSA) is 57.5 Å². The van der Waals surface area contributed by atoms with Crippen molar-refractivity contribution in [1.29, 1.82) is 0 Å². The smallest absolute Gasteiger partial charge is 0.446 e.